The predicted molar refractivity (Wildman–Crippen MR) is 58.6 cm³/mol. The minimum Gasteiger partial charge on any atom is -0.373 e. The first kappa shape index (κ1) is 10.8. The van der Waals surface area contributed by atoms with E-state index in [2.05, 4.69) is 5.92 Å². The summed E-state index contributed by atoms with van der Waals surface area (Å²) in [5, 5.41) is 10.4. The Morgan fingerprint density at radius 3 is 2.00 bits per heavy atom. The Hall–Kier alpha value is -1.26. The van der Waals surface area contributed by atoms with E-state index in [1.165, 1.54) is 0 Å². The van der Waals surface area contributed by atoms with E-state index in [-0.39, 0.29) is 5.41 Å². The van der Waals surface area contributed by atoms with Crippen molar-refractivity contribution in [1.29, 1.82) is 0 Å². The van der Waals surface area contributed by atoms with Crippen molar-refractivity contribution in [1.82, 2.24) is 0 Å². The van der Waals surface area contributed by atoms with Crippen molar-refractivity contribution in [3.63, 3.8) is 0 Å². The van der Waals surface area contributed by atoms with Gasteiger partial charge in [0, 0.05) is 5.41 Å². The first-order valence-electron chi connectivity index (χ1n) is 4.67. The van der Waals surface area contributed by atoms with Crippen molar-refractivity contribution in [2.24, 2.45) is 5.41 Å². The summed E-state index contributed by atoms with van der Waals surface area (Å²) < 4.78 is 0. The van der Waals surface area contributed by atoms with Crippen LogP contribution in [0.5, 0.6) is 0 Å². The Balaban J connectivity index is 3.25. The van der Waals surface area contributed by atoms with E-state index in [9.17, 15) is 5.11 Å². The van der Waals surface area contributed by atoms with Gasteiger partial charge in [-0.1, -0.05) is 57.0 Å². The third kappa shape index (κ3) is 1.66. The second-order valence-electron chi connectivity index (χ2n) is 4.47. The molecule has 0 fully saturated rings. The first-order chi connectivity index (χ1) is 6.42. The number of benzene rings is 1. The number of aliphatic hydroxyl groups is 1. The molecule has 1 aromatic carbocycles. The van der Waals surface area contributed by atoms with Gasteiger partial charge in [0.25, 0.3) is 0 Å². The van der Waals surface area contributed by atoms with Crippen LogP contribution in [0, 0.1) is 17.8 Å². The molecule has 1 atom stereocenters. The van der Waals surface area contributed by atoms with Crippen LogP contribution in [0.2, 0.25) is 0 Å². The van der Waals surface area contributed by atoms with Gasteiger partial charge in [-0.2, -0.15) is 0 Å². The molecular weight excluding hydrogens is 172 g/mol. The van der Waals surface area contributed by atoms with Crippen LogP contribution in [0.15, 0.2) is 30.3 Å². The summed E-state index contributed by atoms with van der Waals surface area (Å²) in [6.45, 7) is 5.79. The minimum atomic E-state index is -1.20. The van der Waals surface area contributed by atoms with Crippen molar-refractivity contribution in [3.05, 3.63) is 35.9 Å². The Kier molecular flexibility index (Phi) is 2.69. The molecule has 0 heterocycles. The zero-order chi connectivity index (χ0) is 10.8. The minimum absolute atomic E-state index is 0.372. The van der Waals surface area contributed by atoms with Crippen molar-refractivity contribution in [2.45, 2.75) is 26.4 Å². The van der Waals surface area contributed by atoms with Crippen molar-refractivity contribution in [3.8, 4) is 12.3 Å². The second kappa shape index (κ2) is 3.48. The molecule has 0 aliphatic carbocycles. The van der Waals surface area contributed by atoms with Gasteiger partial charge in [-0.3, -0.25) is 0 Å². The van der Waals surface area contributed by atoms with Gasteiger partial charge in [0.05, 0.1) is 0 Å². The zero-order valence-corrected chi connectivity index (χ0v) is 8.91. The molecular formula is C13H16O. The van der Waals surface area contributed by atoms with Crippen LogP contribution in [-0.2, 0) is 5.60 Å². The van der Waals surface area contributed by atoms with E-state index in [1.54, 1.807) is 0 Å². The quantitative estimate of drug-likeness (QED) is 0.671. The van der Waals surface area contributed by atoms with Crippen LogP contribution in [-0.4, -0.2) is 5.11 Å². The summed E-state index contributed by atoms with van der Waals surface area (Å²) in [5.74, 6) is 2.49. The van der Waals surface area contributed by atoms with Crippen molar-refractivity contribution < 1.29 is 5.11 Å². The smallest absolute Gasteiger partial charge is 0.155 e. The molecule has 0 aliphatic heterocycles. The van der Waals surface area contributed by atoms with Crippen LogP contribution in [0.4, 0.5) is 0 Å². The fourth-order valence-electron chi connectivity index (χ4n) is 1.41. The van der Waals surface area contributed by atoms with E-state index < -0.39 is 5.60 Å². The van der Waals surface area contributed by atoms with Crippen LogP contribution < -0.4 is 0 Å². The average molecular weight is 188 g/mol. The summed E-state index contributed by atoms with van der Waals surface area (Å²) in [6.07, 6.45) is 5.43. The Bertz CT molecular complexity index is 340. The molecule has 1 aromatic rings. The molecule has 1 nitrogen and oxygen atoms in total. The molecule has 0 radical (unpaired) electrons. The third-order valence-electron chi connectivity index (χ3n) is 2.49. The molecule has 0 aliphatic rings. The second-order valence-corrected chi connectivity index (χ2v) is 4.47. The fourth-order valence-corrected chi connectivity index (χ4v) is 1.41. The molecule has 0 bridgehead atoms. The van der Waals surface area contributed by atoms with E-state index in [0.717, 1.165) is 5.56 Å². The predicted octanol–water partition coefficient (Wildman–Crippen LogP) is 2.55. The molecule has 0 unspecified atom stereocenters. The number of hydrogen-bond donors (Lipinski definition) is 1. The normalized spacial score (nSPS) is 15.6. The highest BCUT2D eigenvalue weighted by Gasteiger charge is 2.39. The van der Waals surface area contributed by atoms with Crippen LogP contribution >= 0.6 is 0 Å². The lowest BCUT2D eigenvalue weighted by Crippen LogP contribution is -2.38. The number of terminal acetylenes is 1. The molecule has 74 valence electrons. The van der Waals surface area contributed by atoms with Crippen molar-refractivity contribution >= 4 is 0 Å². The molecule has 0 aromatic heterocycles. The van der Waals surface area contributed by atoms with Gasteiger partial charge in [0.2, 0.25) is 0 Å². The maximum Gasteiger partial charge on any atom is 0.155 e. The SMILES string of the molecule is C#C[C@@](O)(c1ccccc1)C(C)(C)C. The molecule has 0 saturated carbocycles. The zero-order valence-electron chi connectivity index (χ0n) is 8.91. The molecule has 14 heavy (non-hydrogen) atoms. The fraction of sp³-hybridized carbons (Fsp3) is 0.385. The summed E-state index contributed by atoms with van der Waals surface area (Å²) >= 11 is 0. The lowest BCUT2D eigenvalue weighted by atomic mass is 9.73. The maximum absolute atomic E-state index is 10.4. The highest BCUT2D eigenvalue weighted by atomic mass is 16.3. The largest absolute Gasteiger partial charge is 0.373 e. The molecule has 1 rings (SSSR count). The lowest BCUT2D eigenvalue weighted by Gasteiger charge is -2.36. The van der Waals surface area contributed by atoms with Gasteiger partial charge in [-0.05, 0) is 5.56 Å². The van der Waals surface area contributed by atoms with Gasteiger partial charge in [-0.25, -0.2) is 0 Å². The Morgan fingerprint density at radius 1 is 1.14 bits per heavy atom. The van der Waals surface area contributed by atoms with Gasteiger partial charge in [0.15, 0.2) is 5.60 Å². The van der Waals surface area contributed by atoms with Gasteiger partial charge in [0.1, 0.15) is 0 Å². The topological polar surface area (TPSA) is 20.2 Å². The molecule has 1 heteroatoms. The standard InChI is InChI=1S/C13H16O/c1-5-13(14,12(2,3)4)11-9-7-6-8-10-11/h1,6-10,14H,2-4H3/t13-/m1/s1. The van der Waals surface area contributed by atoms with E-state index in [4.69, 9.17) is 6.42 Å². The highest BCUT2D eigenvalue weighted by molar-refractivity contribution is 5.32. The summed E-state index contributed by atoms with van der Waals surface area (Å²) in [7, 11) is 0. The molecule has 0 amide bonds. The number of hydrogen-bond acceptors (Lipinski definition) is 1. The molecule has 0 saturated heterocycles. The highest BCUT2D eigenvalue weighted by Crippen LogP contribution is 2.38. The van der Waals surface area contributed by atoms with Crippen LogP contribution in [0.25, 0.3) is 0 Å². The third-order valence-corrected chi connectivity index (χ3v) is 2.49. The summed E-state index contributed by atoms with van der Waals surface area (Å²) in [6, 6.07) is 9.37. The maximum atomic E-state index is 10.4. The Morgan fingerprint density at radius 2 is 1.64 bits per heavy atom. The van der Waals surface area contributed by atoms with Gasteiger partial charge < -0.3 is 5.11 Å². The van der Waals surface area contributed by atoms with E-state index >= 15 is 0 Å². The van der Waals surface area contributed by atoms with Crippen molar-refractivity contribution in [2.75, 3.05) is 0 Å². The van der Waals surface area contributed by atoms with E-state index in [0.29, 0.717) is 0 Å². The summed E-state index contributed by atoms with van der Waals surface area (Å²) in [5.41, 5.74) is -0.799. The molecule has 0 spiro atoms. The van der Waals surface area contributed by atoms with Crippen LogP contribution in [0.1, 0.15) is 26.3 Å². The average Bonchev–Trinajstić information content (AvgIpc) is 2.16. The first-order valence-corrected chi connectivity index (χ1v) is 4.67. The lowest BCUT2D eigenvalue weighted by molar-refractivity contribution is -0.00885. The van der Waals surface area contributed by atoms with E-state index in [1.807, 2.05) is 51.1 Å². The molecule has 1 N–H and O–H groups in total. The van der Waals surface area contributed by atoms with Gasteiger partial charge in [-0.15, -0.1) is 6.42 Å². The van der Waals surface area contributed by atoms with Crippen LogP contribution in [0.3, 0.4) is 0 Å². The van der Waals surface area contributed by atoms with Gasteiger partial charge >= 0.3 is 0 Å². The summed E-state index contributed by atoms with van der Waals surface area (Å²) in [4.78, 5) is 0. The number of rotatable bonds is 1. The Labute approximate surface area is 85.8 Å². The monoisotopic (exact) mass is 188 g/mol.